The number of benzene rings is 5. The second-order valence-electron chi connectivity index (χ2n) is 9.19. The van der Waals surface area contributed by atoms with Crippen LogP contribution in [0.15, 0.2) is 60.7 Å². The molecule has 0 saturated carbocycles. The Morgan fingerprint density at radius 2 is 1.04 bits per heavy atom. The Kier molecular flexibility index (Phi) is 2.81. The van der Waals surface area contributed by atoms with Crippen LogP contribution in [0.4, 0.5) is 0 Å². The van der Waals surface area contributed by atoms with Gasteiger partial charge in [0.05, 0.1) is 11.1 Å². The van der Waals surface area contributed by atoms with E-state index >= 15 is 0 Å². The van der Waals surface area contributed by atoms with Crippen molar-refractivity contribution in [2.75, 3.05) is 0 Å². The molecule has 1 radical (unpaired) electrons. The molecule has 5 aromatic rings. The number of hydroxylamine groups is 2. The zero-order valence-corrected chi connectivity index (χ0v) is 16.6. The van der Waals surface area contributed by atoms with Crippen molar-refractivity contribution in [1.29, 1.82) is 0 Å². The molecule has 2 heteroatoms. The van der Waals surface area contributed by atoms with Gasteiger partial charge in [0.1, 0.15) is 0 Å². The van der Waals surface area contributed by atoms with E-state index in [4.69, 9.17) is 0 Å². The summed E-state index contributed by atoms with van der Waals surface area (Å²) in [6.45, 7) is 8.19. The molecule has 0 N–H and O–H groups in total. The normalized spacial score (nSPS) is 18.6. The van der Waals surface area contributed by atoms with Crippen LogP contribution in [0.3, 0.4) is 0 Å². The summed E-state index contributed by atoms with van der Waals surface area (Å²) in [4.78, 5) is 0. The highest BCUT2D eigenvalue weighted by Gasteiger charge is 2.47. The lowest BCUT2D eigenvalue weighted by Gasteiger charge is -2.48. The highest BCUT2D eigenvalue weighted by Crippen LogP contribution is 2.52. The third kappa shape index (κ3) is 1.67. The predicted molar refractivity (Wildman–Crippen MR) is 116 cm³/mol. The fourth-order valence-electron chi connectivity index (χ4n) is 5.67. The van der Waals surface area contributed by atoms with Gasteiger partial charge in [-0.25, -0.2) is 0 Å². The largest absolute Gasteiger partial charge is 0.135 e. The van der Waals surface area contributed by atoms with Crippen LogP contribution in [0, 0.1) is 0 Å². The molecular formula is C26H22NO. The lowest BCUT2D eigenvalue weighted by Crippen LogP contribution is -2.52. The average Bonchev–Trinajstić information content (AvgIpc) is 2.69. The lowest BCUT2D eigenvalue weighted by atomic mass is 9.73. The first-order valence-corrected chi connectivity index (χ1v) is 9.94. The van der Waals surface area contributed by atoms with E-state index in [0.717, 1.165) is 11.1 Å². The van der Waals surface area contributed by atoms with Gasteiger partial charge in [-0.05, 0) is 81.9 Å². The van der Waals surface area contributed by atoms with Gasteiger partial charge in [0.2, 0.25) is 0 Å². The fraction of sp³-hybridized carbons (Fsp3) is 0.231. The van der Waals surface area contributed by atoms with Crippen LogP contribution in [0.5, 0.6) is 0 Å². The van der Waals surface area contributed by atoms with E-state index in [1.807, 2.05) is 27.7 Å². The Hall–Kier alpha value is -2.68. The lowest BCUT2D eigenvalue weighted by molar-refractivity contribution is -0.281. The van der Waals surface area contributed by atoms with Gasteiger partial charge in [-0.2, -0.15) is 0 Å². The molecule has 0 spiro atoms. The molecule has 0 aromatic heterocycles. The molecule has 1 heterocycles. The summed E-state index contributed by atoms with van der Waals surface area (Å²) in [5.74, 6) is 0. The van der Waals surface area contributed by atoms with Gasteiger partial charge in [-0.3, -0.25) is 0 Å². The van der Waals surface area contributed by atoms with E-state index in [2.05, 4.69) is 60.7 Å². The minimum Gasteiger partial charge on any atom is -0.135 e. The number of nitrogens with zero attached hydrogens (tertiary/aromatic N) is 1. The molecule has 0 amide bonds. The maximum absolute atomic E-state index is 13.3. The van der Waals surface area contributed by atoms with Gasteiger partial charge in [-0.1, -0.05) is 60.7 Å². The molecule has 28 heavy (non-hydrogen) atoms. The Morgan fingerprint density at radius 1 is 0.571 bits per heavy atom. The summed E-state index contributed by atoms with van der Waals surface area (Å²) >= 11 is 0. The Morgan fingerprint density at radius 3 is 1.54 bits per heavy atom. The second kappa shape index (κ2) is 4.83. The molecule has 1 aliphatic heterocycles. The molecule has 6 rings (SSSR count). The topological polar surface area (TPSA) is 23.1 Å². The van der Waals surface area contributed by atoms with Crippen LogP contribution in [0.25, 0.3) is 43.1 Å². The van der Waals surface area contributed by atoms with Crippen molar-refractivity contribution in [3.8, 4) is 0 Å². The van der Waals surface area contributed by atoms with Crippen molar-refractivity contribution in [2.45, 2.75) is 38.8 Å². The average molecular weight is 364 g/mol. The van der Waals surface area contributed by atoms with Gasteiger partial charge in [0.25, 0.3) is 0 Å². The van der Waals surface area contributed by atoms with Crippen LogP contribution < -0.4 is 0 Å². The summed E-state index contributed by atoms with van der Waals surface area (Å²) in [6, 6.07) is 22.0. The highest BCUT2D eigenvalue weighted by atomic mass is 16.5. The minimum atomic E-state index is -0.573. The van der Waals surface area contributed by atoms with Crippen molar-refractivity contribution in [3.63, 3.8) is 0 Å². The van der Waals surface area contributed by atoms with E-state index < -0.39 is 11.1 Å². The molecule has 137 valence electrons. The van der Waals surface area contributed by atoms with Gasteiger partial charge < -0.3 is 0 Å². The zero-order chi connectivity index (χ0) is 19.4. The molecule has 5 aromatic carbocycles. The summed E-state index contributed by atoms with van der Waals surface area (Å²) in [5.41, 5.74) is 1.11. The smallest absolute Gasteiger partial charge is 0.0701 e. The summed E-state index contributed by atoms with van der Waals surface area (Å²) in [6.07, 6.45) is 0. The maximum Gasteiger partial charge on any atom is 0.0701 e. The minimum absolute atomic E-state index is 0.573. The quantitative estimate of drug-likeness (QED) is 0.217. The Balaban J connectivity index is 1.97. The van der Waals surface area contributed by atoms with Gasteiger partial charge in [0.15, 0.2) is 0 Å². The summed E-state index contributed by atoms with van der Waals surface area (Å²) in [7, 11) is 0. The Bertz CT molecular complexity index is 1330. The molecule has 0 saturated heterocycles. The van der Waals surface area contributed by atoms with Crippen LogP contribution >= 0.6 is 0 Å². The van der Waals surface area contributed by atoms with Crippen molar-refractivity contribution in [3.05, 3.63) is 71.8 Å². The van der Waals surface area contributed by atoms with Gasteiger partial charge in [0, 0.05) is 0 Å². The summed E-state index contributed by atoms with van der Waals surface area (Å²) < 4.78 is 0. The van der Waals surface area contributed by atoms with Gasteiger partial charge in [-0.15, -0.1) is 10.3 Å². The van der Waals surface area contributed by atoms with Crippen LogP contribution in [0.2, 0.25) is 0 Å². The van der Waals surface area contributed by atoms with Crippen molar-refractivity contribution >= 4 is 43.1 Å². The SMILES string of the molecule is CC1(C)c2ccc3c4cccc5cccc(c6ccc(c2c36)C(C)(C)N1[O])c54. The Labute approximate surface area is 164 Å². The van der Waals surface area contributed by atoms with E-state index in [9.17, 15) is 5.21 Å². The molecule has 0 fully saturated rings. The maximum atomic E-state index is 13.3. The van der Waals surface area contributed by atoms with Crippen LogP contribution in [-0.2, 0) is 16.3 Å². The first kappa shape index (κ1) is 16.3. The summed E-state index contributed by atoms with van der Waals surface area (Å²) in [5, 5.41) is 24.9. The fourth-order valence-corrected chi connectivity index (χ4v) is 5.67. The van der Waals surface area contributed by atoms with Crippen molar-refractivity contribution in [1.82, 2.24) is 5.06 Å². The highest BCUT2D eigenvalue weighted by molar-refractivity contribution is 6.33. The first-order valence-electron chi connectivity index (χ1n) is 9.94. The van der Waals surface area contributed by atoms with E-state index in [-0.39, 0.29) is 0 Å². The zero-order valence-electron chi connectivity index (χ0n) is 16.6. The third-order valence-electron chi connectivity index (χ3n) is 6.98. The standard InChI is InChI=1S/C26H22NO/c1-25(2)20-13-11-18-16-9-5-7-15-8-6-10-17(22(15)16)19-12-14-21(24(20)23(18)19)26(3,4)27(25)28/h5-14H,1-4H3. The van der Waals surface area contributed by atoms with E-state index in [0.29, 0.717) is 0 Å². The van der Waals surface area contributed by atoms with Gasteiger partial charge >= 0.3 is 0 Å². The third-order valence-corrected chi connectivity index (χ3v) is 6.98. The molecule has 0 unspecified atom stereocenters. The number of hydrogen-bond donors (Lipinski definition) is 0. The number of hydrogen-bond acceptors (Lipinski definition) is 1. The molecule has 0 atom stereocenters. The molecule has 2 nitrogen and oxygen atoms in total. The monoisotopic (exact) mass is 364 g/mol. The molecule has 0 bridgehead atoms. The molecule has 0 aliphatic carbocycles. The second-order valence-corrected chi connectivity index (χ2v) is 9.19. The molecule has 1 aliphatic rings. The van der Waals surface area contributed by atoms with Crippen LogP contribution in [0.1, 0.15) is 38.8 Å². The van der Waals surface area contributed by atoms with E-state index in [1.165, 1.54) is 48.2 Å². The van der Waals surface area contributed by atoms with Crippen molar-refractivity contribution < 1.29 is 5.21 Å². The number of fused-ring (bicyclic) bond motifs is 2. The van der Waals surface area contributed by atoms with Crippen molar-refractivity contribution in [2.24, 2.45) is 0 Å². The van der Waals surface area contributed by atoms with E-state index in [1.54, 1.807) is 0 Å². The van der Waals surface area contributed by atoms with Crippen LogP contribution in [-0.4, -0.2) is 5.06 Å². The predicted octanol–water partition coefficient (Wildman–Crippen LogP) is 6.87. The molecular weight excluding hydrogens is 342 g/mol. The number of rotatable bonds is 0. The first-order chi connectivity index (χ1) is 13.3.